The molecular formula is C9H19N5. The summed E-state index contributed by atoms with van der Waals surface area (Å²) in [5.41, 5.74) is 6.04. The van der Waals surface area contributed by atoms with E-state index in [1.54, 1.807) is 7.05 Å². The average Bonchev–Trinajstić information content (AvgIpc) is 2.49. The van der Waals surface area contributed by atoms with Crippen LogP contribution in [0.5, 0.6) is 0 Å². The largest absolute Gasteiger partial charge is 0.327 e. The minimum atomic E-state index is 0.110. The molecule has 2 atom stereocenters. The normalized spacial score (nSPS) is 15.9. The zero-order valence-electron chi connectivity index (χ0n) is 9.31. The van der Waals surface area contributed by atoms with Crippen molar-refractivity contribution in [3.63, 3.8) is 0 Å². The molecule has 0 aromatic carbocycles. The van der Waals surface area contributed by atoms with Crippen molar-refractivity contribution in [3.8, 4) is 0 Å². The predicted molar refractivity (Wildman–Crippen MR) is 54.5 cm³/mol. The molecular weight excluding hydrogens is 178 g/mol. The molecule has 2 N–H and O–H groups in total. The van der Waals surface area contributed by atoms with E-state index in [0.717, 1.165) is 5.82 Å². The molecule has 0 saturated heterocycles. The van der Waals surface area contributed by atoms with E-state index in [0.29, 0.717) is 18.3 Å². The van der Waals surface area contributed by atoms with Crippen LogP contribution in [-0.2, 0) is 13.5 Å². The quantitative estimate of drug-likeness (QED) is 0.757. The van der Waals surface area contributed by atoms with E-state index >= 15 is 0 Å². The van der Waals surface area contributed by atoms with Gasteiger partial charge in [-0.15, -0.1) is 10.2 Å². The van der Waals surface area contributed by atoms with Crippen LogP contribution >= 0.6 is 0 Å². The van der Waals surface area contributed by atoms with Crippen LogP contribution in [0, 0.1) is 11.8 Å². The van der Waals surface area contributed by atoms with Gasteiger partial charge in [0.2, 0.25) is 0 Å². The number of aryl methyl sites for hydroxylation is 1. The van der Waals surface area contributed by atoms with Gasteiger partial charge >= 0.3 is 0 Å². The van der Waals surface area contributed by atoms with E-state index in [2.05, 4.69) is 36.2 Å². The SMILES string of the molecule is CC(C)C(C)C(N)Cc1nnn(C)n1. The molecule has 2 unspecified atom stereocenters. The molecule has 0 aliphatic heterocycles. The molecule has 5 heteroatoms. The Morgan fingerprint density at radius 2 is 2.00 bits per heavy atom. The van der Waals surface area contributed by atoms with Crippen LogP contribution in [0.1, 0.15) is 26.6 Å². The minimum Gasteiger partial charge on any atom is -0.327 e. The van der Waals surface area contributed by atoms with E-state index in [1.165, 1.54) is 4.80 Å². The highest BCUT2D eigenvalue weighted by atomic mass is 15.6. The average molecular weight is 197 g/mol. The van der Waals surface area contributed by atoms with Crippen LogP contribution in [0.4, 0.5) is 0 Å². The molecule has 0 fully saturated rings. The van der Waals surface area contributed by atoms with Gasteiger partial charge in [-0.3, -0.25) is 0 Å². The van der Waals surface area contributed by atoms with Crippen LogP contribution < -0.4 is 5.73 Å². The van der Waals surface area contributed by atoms with Gasteiger partial charge in [-0.25, -0.2) is 0 Å². The maximum Gasteiger partial charge on any atom is 0.176 e. The fraction of sp³-hybridized carbons (Fsp3) is 0.889. The third-order valence-corrected chi connectivity index (χ3v) is 2.69. The van der Waals surface area contributed by atoms with E-state index in [9.17, 15) is 0 Å². The first-order valence-electron chi connectivity index (χ1n) is 4.99. The first kappa shape index (κ1) is 11.1. The molecule has 14 heavy (non-hydrogen) atoms. The Labute approximate surface area is 84.7 Å². The van der Waals surface area contributed by atoms with Crippen molar-refractivity contribution in [3.05, 3.63) is 5.82 Å². The second-order valence-electron chi connectivity index (χ2n) is 4.17. The third kappa shape index (κ3) is 2.77. The van der Waals surface area contributed by atoms with Crippen molar-refractivity contribution in [2.45, 2.75) is 33.2 Å². The molecule has 0 spiro atoms. The van der Waals surface area contributed by atoms with E-state index < -0.39 is 0 Å². The van der Waals surface area contributed by atoms with Gasteiger partial charge in [0.25, 0.3) is 0 Å². The summed E-state index contributed by atoms with van der Waals surface area (Å²) in [7, 11) is 1.76. The first-order chi connectivity index (χ1) is 6.50. The number of aromatic nitrogens is 4. The number of nitrogens with zero attached hydrogens (tertiary/aromatic N) is 4. The Hall–Kier alpha value is -0.970. The maximum atomic E-state index is 6.04. The van der Waals surface area contributed by atoms with Gasteiger partial charge in [-0.05, 0) is 17.0 Å². The molecule has 0 aliphatic rings. The van der Waals surface area contributed by atoms with Crippen molar-refractivity contribution in [2.24, 2.45) is 24.6 Å². The number of hydrogen-bond donors (Lipinski definition) is 1. The fourth-order valence-electron chi connectivity index (χ4n) is 1.30. The molecule has 0 radical (unpaired) electrons. The topological polar surface area (TPSA) is 69.6 Å². The molecule has 0 bridgehead atoms. The molecule has 80 valence electrons. The maximum absolute atomic E-state index is 6.04. The monoisotopic (exact) mass is 197 g/mol. The van der Waals surface area contributed by atoms with Crippen molar-refractivity contribution >= 4 is 0 Å². The molecule has 1 rings (SSSR count). The van der Waals surface area contributed by atoms with Gasteiger partial charge in [0.15, 0.2) is 5.82 Å². The minimum absolute atomic E-state index is 0.110. The zero-order chi connectivity index (χ0) is 10.7. The second-order valence-corrected chi connectivity index (χ2v) is 4.17. The Balaban J connectivity index is 2.52. The summed E-state index contributed by atoms with van der Waals surface area (Å²) >= 11 is 0. The van der Waals surface area contributed by atoms with Gasteiger partial charge in [0.05, 0.1) is 7.05 Å². The van der Waals surface area contributed by atoms with Crippen molar-refractivity contribution in [1.29, 1.82) is 0 Å². The summed E-state index contributed by atoms with van der Waals surface area (Å²) in [6.07, 6.45) is 0.702. The van der Waals surface area contributed by atoms with E-state index in [-0.39, 0.29) is 6.04 Å². The second kappa shape index (κ2) is 4.50. The van der Waals surface area contributed by atoms with Gasteiger partial charge in [-0.2, -0.15) is 4.80 Å². The Morgan fingerprint density at radius 3 is 2.43 bits per heavy atom. The zero-order valence-corrected chi connectivity index (χ0v) is 9.31. The highest BCUT2D eigenvalue weighted by Gasteiger charge is 2.18. The third-order valence-electron chi connectivity index (χ3n) is 2.69. The lowest BCUT2D eigenvalue weighted by Gasteiger charge is -2.21. The van der Waals surface area contributed by atoms with Gasteiger partial charge in [0, 0.05) is 12.5 Å². The van der Waals surface area contributed by atoms with Crippen LogP contribution in [0.3, 0.4) is 0 Å². The molecule has 1 heterocycles. The summed E-state index contributed by atoms with van der Waals surface area (Å²) in [5, 5.41) is 11.8. The van der Waals surface area contributed by atoms with Crippen LogP contribution in [-0.4, -0.2) is 26.2 Å². The molecule has 0 aliphatic carbocycles. The Bertz CT molecular complexity index is 280. The van der Waals surface area contributed by atoms with Gasteiger partial charge in [-0.1, -0.05) is 20.8 Å². The highest BCUT2D eigenvalue weighted by Crippen LogP contribution is 2.14. The fourth-order valence-corrected chi connectivity index (χ4v) is 1.30. The van der Waals surface area contributed by atoms with Crippen molar-refractivity contribution < 1.29 is 0 Å². The smallest absolute Gasteiger partial charge is 0.176 e. The highest BCUT2D eigenvalue weighted by molar-refractivity contribution is 4.85. The summed E-state index contributed by atoms with van der Waals surface area (Å²) in [5.74, 6) is 1.79. The molecule has 0 amide bonds. The van der Waals surface area contributed by atoms with Gasteiger partial charge < -0.3 is 5.73 Å². The summed E-state index contributed by atoms with van der Waals surface area (Å²) in [4.78, 5) is 1.46. The van der Waals surface area contributed by atoms with Crippen LogP contribution in [0.25, 0.3) is 0 Å². The lowest BCUT2D eigenvalue weighted by atomic mass is 9.89. The van der Waals surface area contributed by atoms with E-state index in [4.69, 9.17) is 5.73 Å². The van der Waals surface area contributed by atoms with Crippen molar-refractivity contribution in [1.82, 2.24) is 20.2 Å². The summed E-state index contributed by atoms with van der Waals surface area (Å²) in [6.45, 7) is 6.51. The Kier molecular flexibility index (Phi) is 3.57. The van der Waals surface area contributed by atoms with Crippen LogP contribution in [0.2, 0.25) is 0 Å². The molecule has 1 aromatic rings. The number of rotatable bonds is 4. The number of tetrazole rings is 1. The summed E-state index contributed by atoms with van der Waals surface area (Å²) in [6, 6.07) is 0.110. The number of hydrogen-bond acceptors (Lipinski definition) is 4. The number of nitrogens with two attached hydrogens (primary N) is 1. The van der Waals surface area contributed by atoms with E-state index in [1.807, 2.05) is 0 Å². The molecule has 0 saturated carbocycles. The van der Waals surface area contributed by atoms with Crippen LogP contribution in [0.15, 0.2) is 0 Å². The summed E-state index contributed by atoms with van der Waals surface area (Å²) < 4.78 is 0. The lowest BCUT2D eigenvalue weighted by Crippen LogP contribution is -2.33. The first-order valence-corrected chi connectivity index (χ1v) is 4.99. The van der Waals surface area contributed by atoms with Crippen molar-refractivity contribution in [2.75, 3.05) is 0 Å². The molecule has 5 nitrogen and oxygen atoms in total. The molecule has 1 aromatic heterocycles. The van der Waals surface area contributed by atoms with Gasteiger partial charge in [0.1, 0.15) is 0 Å². The Morgan fingerprint density at radius 1 is 1.36 bits per heavy atom. The predicted octanol–water partition coefficient (Wildman–Crippen LogP) is 0.372. The standard InChI is InChI=1S/C9H19N5/c1-6(2)7(3)8(10)5-9-11-13-14(4)12-9/h6-8H,5,10H2,1-4H3. The lowest BCUT2D eigenvalue weighted by molar-refractivity contribution is 0.341.